The van der Waals surface area contributed by atoms with E-state index in [1.54, 1.807) is 6.20 Å². The van der Waals surface area contributed by atoms with Crippen molar-refractivity contribution in [3.8, 4) is 22.8 Å². The molecule has 0 spiro atoms. The number of anilines is 3. The molecule has 1 saturated heterocycles. The van der Waals surface area contributed by atoms with Crippen molar-refractivity contribution in [1.82, 2.24) is 15.3 Å². The molecule has 7 heterocycles. The highest BCUT2D eigenvalue weighted by molar-refractivity contribution is 6.17. The van der Waals surface area contributed by atoms with Crippen molar-refractivity contribution in [3.63, 3.8) is 0 Å². The van der Waals surface area contributed by atoms with Gasteiger partial charge in [-0.15, -0.1) is 0 Å². The van der Waals surface area contributed by atoms with E-state index in [1.165, 1.54) is 0 Å². The summed E-state index contributed by atoms with van der Waals surface area (Å²) >= 11 is 0. The Kier molecular flexibility index (Phi) is 7.36. The molecule has 4 N–H and O–H groups in total. The molecule has 0 unspecified atom stereocenters. The number of rotatable bonds is 5. The SMILES string of the molecule is C1=NCC=C(c2ccc3c(n2)C(C2=CNc4c(ccnc4-c4ccc5c(c4)OCO5)N2)=NCCCN3)C=C1OC1CCNCC1. The van der Waals surface area contributed by atoms with Gasteiger partial charge < -0.3 is 35.5 Å². The van der Waals surface area contributed by atoms with Gasteiger partial charge in [0.2, 0.25) is 6.79 Å². The number of aromatic nitrogens is 2. The molecule has 45 heavy (non-hydrogen) atoms. The Morgan fingerprint density at radius 1 is 0.933 bits per heavy atom. The fourth-order valence-electron chi connectivity index (χ4n) is 6.04. The zero-order valence-corrected chi connectivity index (χ0v) is 24.8. The fourth-order valence-corrected chi connectivity index (χ4v) is 6.04. The molecule has 0 radical (unpaired) electrons. The molecule has 5 aliphatic rings. The molecule has 228 valence electrons. The van der Waals surface area contributed by atoms with E-state index >= 15 is 0 Å². The number of hydrogen-bond donors (Lipinski definition) is 4. The third-order valence-corrected chi connectivity index (χ3v) is 8.34. The highest BCUT2D eigenvalue weighted by Crippen LogP contribution is 2.41. The number of fused-ring (bicyclic) bond motifs is 3. The van der Waals surface area contributed by atoms with Crippen LogP contribution in [0.2, 0.25) is 0 Å². The molecule has 0 bridgehead atoms. The van der Waals surface area contributed by atoms with Gasteiger partial charge in [0.05, 0.1) is 46.9 Å². The second kappa shape index (κ2) is 12.1. The van der Waals surface area contributed by atoms with Gasteiger partial charge in [-0.1, -0.05) is 6.08 Å². The summed E-state index contributed by atoms with van der Waals surface area (Å²) in [4.78, 5) is 19.5. The molecule has 2 aromatic heterocycles. The number of pyridine rings is 2. The molecule has 8 rings (SSSR count). The van der Waals surface area contributed by atoms with Crippen molar-refractivity contribution in [2.24, 2.45) is 9.98 Å². The number of nitrogens with one attached hydrogen (secondary N) is 4. The summed E-state index contributed by atoms with van der Waals surface area (Å²) < 4.78 is 17.4. The average molecular weight is 603 g/mol. The van der Waals surface area contributed by atoms with Crippen molar-refractivity contribution < 1.29 is 14.2 Å². The third-order valence-electron chi connectivity index (χ3n) is 8.34. The highest BCUT2D eigenvalue weighted by atomic mass is 16.7. The Hall–Kier alpha value is -5.16. The van der Waals surface area contributed by atoms with Crippen LogP contribution in [0.1, 0.15) is 30.7 Å². The number of hydrogen-bond acceptors (Lipinski definition) is 11. The maximum atomic E-state index is 6.35. The summed E-state index contributed by atoms with van der Waals surface area (Å²) in [7, 11) is 0. The summed E-state index contributed by atoms with van der Waals surface area (Å²) in [5, 5.41) is 14.1. The molecule has 0 aliphatic carbocycles. The molecule has 5 aliphatic heterocycles. The number of aliphatic imine (C=N–C) groups is 2. The van der Waals surface area contributed by atoms with E-state index in [9.17, 15) is 0 Å². The van der Waals surface area contributed by atoms with Crippen molar-refractivity contribution in [3.05, 3.63) is 83.8 Å². The number of benzene rings is 1. The van der Waals surface area contributed by atoms with Crippen molar-refractivity contribution in [2.45, 2.75) is 25.4 Å². The highest BCUT2D eigenvalue weighted by Gasteiger charge is 2.25. The van der Waals surface area contributed by atoms with Gasteiger partial charge >= 0.3 is 0 Å². The number of ether oxygens (including phenoxy) is 3. The van der Waals surface area contributed by atoms with Gasteiger partial charge in [0, 0.05) is 36.6 Å². The van der Waals surface area contributed by atoms with E-state index in [-0.39, 0.29) is 12.9 Å². The van der Waals surface area contributed by atoms with E-state index in [0.717, 1.165) is 113 Å². The van der Waals surface area contributed by atoms with Gasteiger partial charge in [-0.05, 0) is 74.8 Å². The monoisotopic (exact) mass is 602 g/mol. The smallest absolute Gasteiger partial charge is 0.231 e. The lowest BCUT2D eigenvalue weighted by Crippen LogP contribution is -2.32. The first kappa shape index (κ1) is 27.4. The molecule has 0 atom stereocenters. The molecule has 1 aromatic carbocycles. The second-order valence-electron chi connectivity index (χ2n) is 11.3. The quantitative estimate of drug-likeness (QED) is 0.320. The Morgan fingerprint density at radius 2 is 1.87 bits per heavy atom. The van der Waals surface area contributed by atoms with Crippen LogP contribution < -0.4 is 30.7 Å². The normalized spacial score (nSPS) is 19.0. The lowest BCUT2D eigenvalue weighted by atomic mass is 10.0. The summed E-state index contributed by atoms with van der Waals surface area (Å²) in [5.41, 5.74) is 8.72. The van der Waals surface area contributed by atoms with Crippen LogP contribution in [-0.2, 0) is 4.74 Å². The summed E-state index contributed by atoms with van der Waals surface area (Å²) in [5.74, 6) is 2.24. The Morgan fingerprint density at radius 3 is 2.82 bits per heavy atom. The lowest BCUT2D eigenvalue weighted by molar-refractivity contribution is 0.101. The first-order chi connectivity index (χ1) is 22.3. The minimum atomic E-state index is 0.190. The Labute approximate surface area is 261 Å². The van der Waals surface area contributed by atoms with Crippen LogP contribution in [0.3, 0.4) is 0 Å². The lowest BCUT2D eigenvalue weighted by Gasteiger charge is -2.25. The summed E-state index contributed by atoms with van der Waals surface area (Å²) in [6, 6.07) is 12.0. The van der Waals surface area contributed by atoms with Crippen LogP contribution in [0.4, 0.5) is 17.1 Å². The number of allylic oxidation sites excluding steroid dienone is 4. The summed E-state index contributed by atoms with van der Waals surface area (Å²) in [6.45, 7) is 4.25. The molecule has 3 aromatic rings. The molecular formula is C34H34N8O3. The predicted octanol–water partition coefficient (Wildman–Crippen LogP) is 4.98. The van der Waals surface area contributed by atoms with Crippen molar-refractivity contribution in [2.75, 3.05) is 55.5 Å². The van der Waals surface area contributed by atoms with Crippen LogP contribution in [0.25, 0.3) is 16.8 Å². The molecule has 11 heteroatoms. The minimum Gasteiger partial charge on any atom is -0.489 e. The van der Waals surface area contributed by atoms with Crippen molar-refractivity contribution >= 4 is 34.6 Å². The van der Waals surface area contributed by atoms with Gasteiger partial charge in [-0.2, -0.15) is 0 Å². The maximum absolute atomic E-state index is 6.35. The zero-order valence-electron chi connectivity index (χ0n) is 24.8. The minimum absolute atomic E-state index is 0.190. The fraction of sp³-hybridized carbons (Fsp3) is 0.294. The van der Waals surface area contributed by atoms with Gasteiger partial charge in [-0.3, -0.25) is 15.0 Å². The maximum Gasteiger partial charge on any atom is 0.231 e. The van der Waals surface area contributed by atoms with Crippen LogP contribution in [0, 0.1) is 0 Å². The standard InChI is InChI=1S/C34H34N8O3/c1-10-37-26-4-3-25(21-6-12-36-18-24(16-21)45-23-7-13-35-14-8-23)42-34(26)33(38-11-1)28-19-40-32-27(41-28)9-15-39-31(32)22-2-5-29-30(17-22)44-20-43-29/h2-6,9,15-19,23,35,37,40-41H,1,7-8,10-14,20H2. The van der Waals surface area contributed by atoms with Gasteiger partial charge in [-0.25, -0.2) is 4.98 Å². The predicted molar refractivity (Wildman–Crippen MR) is 176 cm³/mol. The largest absolute Gasteiger partial charge is 0.489 e. The second-order valence-corrected chi connectivity index (χ2v) is 11.3. The van der Waals surface area contributed by atoms with E-state index in [2.05, 4.69) is 55.5 Å². The van der Waals surface area contributed by atoms with Gasteiger partial charge in [0.15, 0.2) is 11.5 Å². The molecular weight excluding hydrogens is 568 g/mol. The van der Waals surface area contributed by atoms with Crippen LogP contribution in [0.15, 0.2) is 82.4 Å². The molecule has 0 amide bonds. The topological polar surface area (TPSA) is 126 Å². The average Bonchev–Trinajstić information content (AvgIpc) is 3.42. The molecule has 1 fully saturated rings. The van der Waals surface area contributed by atoms with E-state index in [4.69, 9.17) is 24.2 Å². The zero-order chi connectivity index (χ0) is 30.0. The van der Waals surface area contributed by atoms with Crippen LogP contribution in [0.5, 0.6) is 11.5 Å². The van der Waals surface area contributed by atoms with E-state index in [0.29, 0.717) is 13.1 Å². The molecule has 11 nitrogen and oxygen atoms in total. The van der Waals surface area contributed by atoms with Crippen LogP contribution in [-0.4, -0.2) is 67.5 Å². The Balaban J connectivity index is 1.10. The number of piperidine rings is 1. The first-order valence-corrected chi connectivity index (χ1v) is 15.5. The van der Waals surface area contributed by atoms with Crippen LogP contribution >= 0.6 is 0 Å². The third kappa shape index (κ3) is 5.62. The summed E-state index contributed by atoms with van der Waals surface area (Å²) in [6.07, 6.45) is 12.8. The Bertz CT molecular complexity index is 1790. The van der Waals surface area contributed by atoms with E-state index in [1.807, 2.05) is 36.7 Å². The molecule has 0 saturated carbocycles. The number of nitrogens with zero attached hydrogens (tertiary/aromatic N) is 4. The van der Waals surface area contributed by atoms with Gasteiger partial charge in [0.25, 0.3) is 0 Å². The van der Waals surface area contributed by atoms with E-state index < -0.39 is 0 Å². The first-order valence-electron chi connectivity index (χ1n) is 15.5. The van der Waals surface area contributed by atoms with Crippen molar-refractivity contribution in [1.29, 1.82) is 0 Å². The van der Waals surface area contributed by atoms with Gasteiger partial charge in [0.1, 0.15) is 23.3 Å².